The lowest BCUT2D eigenvalue weighted by Crippen LogP contribution is -1.93. The molecule has 0 unspecified atom stereocenters. The van der Waals surface area contributed by atoms with E-state index in [1.165, 1.54) is 11.8 Å². The molecule has 0 amide bonds. The van der Waals surface area contributed by atoms with E-state index in [-0.39, 0.29) is 5.12 Å². The lowest BCUT2D eigenvalue weighted by Gasteiger charge is -2.00. The average Bonchev–Trinajstić information content (AvgIpc) is 2.31. The van der Waals surface area contributed by atoms with Crippen LogP contribution in [0.15, 0.2) is 24.4 Å². The highest BCUT2D eigenvalue weighted by atomic mass is 32.2. The summed E-state index contributed by atoms with van der Waals surface area (Å²) >= 11 is 1.35. The standard InChI is InChI=1S/C13H17NO2S/c1-3-16-13-8-7-12(10-14-13)6-4-5-9-17-11(2)15/h4,6-8,10H,3,5,9H2,1-2H3. The fraction of sp³-hybridized carbons (Fsp3) is 0.385. The normalized spacial score (nSPS) is 10.7. The monoisotopic (exact) mass is 251 g/mol. The number of hydrogen-bond donors (Lipinski definition) is 0. The summed E-state index contributed by atoms with van der Waals surface area (Å²) in [4.78, 5) is 14.9. The van der Waals surface area contributed by atoms with E-state index in [1.54, 1.807) is 13.1 Å². The summed E-state index contributed by atoms with van der Waals surface area (Å²) in [6.45, 7) is 4.15. The maximum atomic E-state index is 10.7. The van der Waals surface area contributed by atoms with Crippen LogP contribution in [0.5, 0.6) is 5.88 Å². The average molecular weight is 251 g/mol. The number of hydrogen-bond acceptors (Lipinski definition) is 4. The van der Waals surface area contributed by atoms with Crippen LogP contribution in [0.4, 0.5) is 0 Å². The zero-order valence-electron chi connectivity index (χ0n) is 10.2. The number of thioether (sulfide) groups is 1. The molecule has 0 bridgehead atoms. The van der Waals surface area contributed by atoms with Gasteiger partial charge in [0.25, 0.3) is 0 Å². The second-order valence-electron chi connectivity index (χ2n) is 3.39. The molecule has 4 heteroatoms. The number of carbonyl (C=O) groups excluding carboxylic acids is 1. The fourth-order valence-corrected chi connectivity index (χ4v) is 1.76. The van der Waals surface area contributed by atoms with E-state index >= 15 is 0 Å². The van der Waals surface area contributed by atoms with E-state index in [0.29, 0.717) is 12.5 Å². The highest BCUT2D eigenvalue weighted by Gasteiger charge is 1.93. The molecule has 0 fully saturated rings. The van der Waals surface area contributed by atoms with Crippen LogP contribution in [-0.4, -0.2) is 22.5 Å². The molecule has 1 aromatic heterocycles. The Morgan fingerprint density at radius 1 is 1.53 bits per heavy atom. The third-order valence-electron chi connectivity index (χ3n) is 1.95. The molecule has 0 spiro atoms. The van der Waals surface area contributed by atoms with Crippen molar-refractivity contribution in [1.29, 1.82) is 0 Å². The van der Waals surface area contributed by atoms with Gasteiger partial charge < -0.3 is 4.74 Å². The van der Waals surface area contributed by atoms with Gasteiger partial charge in [0.2, 0.25) is 5.88 Å². The molecule has 0 aliphatic heterocycles. The lowest BCUT2D eigenvalue weighted by molar-refractivity contribution is -0.109. The summed E-state index contributed by atoms with van der Waals surface area (Å²) in [6, 6.07) is 3.82. The molecule has 17 heavy (non-hydrogen) atoms. The largest absolute Gasteiger partial charge is 0.478 e. The first-order chi connectivity index (χ1) is 8.22. The number of aromatic nitrogens is 1. The van der Waals surface area contributed by atoms with Gasteiger partial charge in [-0.1, -0.05) is 23.9 Å². The Morgan fingerprint density at radius 3 is 2.94 bits per heavy atom. The third-order valence-corrected chi connectivity index (χ3v) is 2.80. The summed E-state index contributed by atoms with van der Waals surface area (Å²) in [7, 11) is 0. The highest BCUT2D eigenvalue weighted by molar-refractivity contribution is 8.13. The van der Waals surface area contributed by atoms with Crippen LogP contribution in [0.3, 0.4) is 0 Å². The molecule has 0 saturated heterocycles. The molecule has 0 radical (unpaired) electrons. The Balaban J connectivity index is 2.35. The van der Waals surface area contributed by atoms with Crippen molar-refractivity contribution in [2.45, 2.75) is 20.3 Å². The van der Waals surface area contributed by atoms with Gasteiger partial charge in [-0.25, -0.2) is 4.98 Å². The maximum Gasteiger partial charge on any atom is 0.213 e. The summed E-state index contributed by atoms with van der Waals surface area (Å²) in [5.41, 5.74) is 1.04. The van der Waals surface area contributed by atoms with E-state index in [1.807, 2.05) is 31.2 Å². The molecule has 0 N–H and O–H groups in total. The molecule has 92 valence electrons. The molecular weight excluding hydrogens is 234 g/mol. The van der Waals surface area contributed by atoms with Gasteiger partial charge in [0.15, 0.2) is 5.12 Å². The Labute approximate surface area is 106 Å². The van der Waals surface area contributed by atoms with Gasteiger partial charge in [-0.15, -0.1) is 0 Å². The van der Waals surface area contributed by atoms with E-state index in [9.17, 15) is 4.79 Å². The predicted octanol–water partition coefficient (Wildman–Crippen LogP) is 3.16. The molecule has 0 aliphatic rings. The number of nitrogens with zero attached hydrogens (tertiary/aromatic N) is 1. The van der Waals surface area contributed by atoms with Gasteiger partial charge in [0, 0.05) is 24.9 Å². The van der Waals surface area contributed by atoms with Crippen molar-refractivity contribution in [2.75, 3.05) is 12.4 Å². The van der Waals surface area contributed by atoms with E-state index in [0.717, 1.165) is 17.7 Å². The van der Waals surface area contributed by atoms with Gasteiger partial charge in [-0.3, -0.25) is 4.79 Å². The van der Waals surface area contributed by atoms with Gasteiger partial charge in [-0.2, -0.15) is 0 Å². The van der Waals surface area contributed by atoms with Crippen LogP contribution < -0.4 is 4.74 Å². The summed E-state index contributed by atoms with van der Waals surface area (Å²) < 4.78 is 5.25. The minimum Gasteiger partial charge on any atom is -0.478 e. The molecule has 0 atom stereocenters. The van der Waals surface area contributed by atoms with Crippen molar-refractivity contribution in [3.8, 4) is 5.88 Å². The topological polar surface area (TPSA) is 39.2 Å². The molecule has 1 rings (SSSR count). The van der Waals surface area contributed by atoms with Gasteiger partial charge in [0.1, 0.15) is 0 Å². The van der Waals surface area contributed by atoms with Crippen molar-refractivity contribution in [3.63, 3.8) is 0 Å². The lowest BCUT2D eigenvalue weighted by atomic mass is 10.2. The van der Waals surface area contributed by atoms with Crippen molar-refractivity contribution in [1.82, 2.24) is 4.98 Å². The Hall–Kier alpha value is -1.29. The minimum atomic E-state index is 0.168. The smallest absolute Gasteiger partial charge is 0.213 e. The van der Waals surface area contributed by atoms with Crippen LogP contribution in [0.25, 0.3) is 6.08 Å². The molecule has 0 saturated carbocycles. The molecule has 0 aromatic carbocycles. The molecule has 1 aromatic rings. The Morgan fingerprint density at radius 2 is 2.35 bits per heavy atom. The first kappa shape index (κ1) is 13.8. The number of allylic oxidation sites excluding steroid dienone is 1. The zero-order chi connectivity index (χ0) is 12.5. The van der Waals surface area contributed by atoms with Crippen LogP contribution in [0.1, 0.15) is 25.8 Å². The van der Waals surface area contributed by atoms with Crippen molar-refractivity contribution in [2.24, 2.45) is 0 Å². The summed E-state index contributed by atoms with van der Waals surface area (Å²) in [6.07, 6.45) is 6.72. The molecular formula is C13H17NO2S. The number of pyridine rings is 1. The number of ether oxygens (including phenoxy) is 1. The first-order valence-electron chi connectivity index (χ1n) is 5.61. The van der Waals surface area contributed by atoms with Crippen molar-refractivity contribution >= 4 is 23.0 Å². The summed E-state index contributed by atoms with van der Waals surface area (Å²) in [5.74, 6) is 1.48. The van der Waals surface area contributed by atoms with E-state index in [4.69, 9.17) is 4.74 Å². The second kappa shape index (κ2) is 7.90. The van der Waals surface area contributed by atoms with Crippen molar-refractivity contribution in [3.05, 3.63) is 30.0 Å². The minimum absolute atomic E-state index is 0.168. The fourth-order valence-electron chi connectivity index (χ4n) is 1.21. The maximum absolute atomic E-state index is 10.7. The van der Waals surface area contributed by atoms with Crippen LogP contribution >= 0.6 is 11.8 Å². The Kier molecular flexibility index (Phi) is 6.40. The number of carbonyl (C=O) groups is 1. The van der Waals surface area contributed by atoms with Gasteiger partial charge >= 0.3 is 0 Å². The molecule has 3 nitrogen and oxygen atoms in total. The quantitative estimate of drug-likeness (QED) is 0.728. The van der Waals surface area contributed by atoms with Crippen molar-refractivity contribution < 1.29 is 9.53 Å². The van der Waals surface area contributed by atoms with Crippen LogP contribution in [-0.2, 0) is 4.79 Å². The Bertz CT molecular complexity index is 374. The van der Waals surface area contributed by atoms with Gasteiger partial charge in [-0.05, 0) is 25.0 Å². The van der Waals surface area contributed by atoms with Crippen LogP contribution in [0, 0.1) is 0 Å². The molecule has 0 aliphatic carbocycles. The SMILES string of the molecule is CCOc1ccc(C=CCCSC(C)=O)cn1. The third kappa shape index (κ3) is 6.12. The number of rotatable bonds is 6. The van der Waals surface area contributed by atoms with Gasteiger partial charge in [0.05, 0.1) is 6.61 Å². The zero-order valence-corrected chi connectivity index (χ0v) is 11.0. The first-order valence-corrected chi connectivity index (χ1v) is 6.59. The van der Waals surface area contributed by atoms with Crippen LogP contribution in [0.2, 0.25) is 0 Å². The van der Waals surface area contributed by atoms with E-state index < -0.39 is 0 Å². The van der Waals surface area contributed by atoms with E-state index in [2.05, 4.69) is 4.98 Å². The summed E-state index contributed by atoms with van der Waals surface area (Å²) in [5, 5.41) is 0.168. The highest BCUT2D eigenvalue weighted by Crippen LogP contribution is 2.10. The molecule has 1 heterocycles. The predicted molar refractivity (Wildman–Crippen MR) is 72.2 cm³/mol. The second-order valence-corrected chi connectivity index (χ2v) is 4.67.